The van der Waals surface area contributed by atoms with Crippen molar-refractivity contribution in [1.29, 1.82) is 0 Å². The van der Waals surface area contributed by atoms with Gasteiger partial charge in [0.05, 0.1) is 5.56 Å². The van der Waals surface area contributed by atoms with Crippen LogP contribution in [-0.2, 0) is 10.0 Å². The number of sulfonamides is 1. The van der Waals surface area contributed by atoms with Crippen LogP contribution in [0.2, 0.25) is 0 Å². The van der Waals surface area contributed by atoms with E-state index in [1.807, 2.05) is 0 Å². The number of hydrogen-bond acceptors (Lipinski definition) is 5. The molecular weight excluding hydrogens is 378 g/mol. The standard InChI is InChI=1S/C17H27N3O4S.ClH/c1-10-14(9-15(24-10)25(22,23)20(2)3)17(21)19-16-11-5-4-6-12(16)8-13(18)7-11;/h9,11-13,16H,4-8,18H2,1-3H3,(H,19,21);1H. The summed E-state index contributed by atoms with van der Waals surface area (Å²) in [6, 6.07) is 1.66. The highest BCUT2D eigenvalue weighted by atomic mass is 35.5. The summed E-state index contributed by atoms with van der Waals surface area (Å²) < 4.78 is 30.8. The van der Waals surface area contributed by atoms with Gasteiger partial charge in [-0.25, -0.2) is 12.7 Å². The fraction of sp³-hybridized carbons (Fsp3) is 0.706. The van der Waals surface area contributed by atoms with Crippen LogP contribution in [0, 0.1) is 18.8 Å². The number of hydrogen-bond donors (Lipinski definition) is 2. The summed E-state index contributed by atoms with van der Waals surface area (Å²) >= 11 is 0. The van der Waals surface area contributed by atoms with Crippen molar-refractivity contribution < 1.29 is 17.6 Å². The van der Waals surface area contributed by atoms with Crippen LogP contribution < -0.4 is 11.1 Å². The zero-order valence-corrected chi connectivity index (χ0v) is 17.0. The third kappa shape index (κ3) is 3.93. The second-order valence-corrected chi connectivity index (χ2v) is 9.59. The fourth-order valence-corrected chi connectivity index (χ4v) is 5.10. The Kier molecular flexibility index (Phi) is 6.43. The summed E-state index contributed by atoms with van der Waals surface area (Å²) in [6.45, 7) is 1.61. The third-order valence-corrected chi connectivity index (χ3v) is 7.22. The number of carbonyl (C=O) groups is 1. The molecule has 2 bridgehead atoms. The van der Waals surface area contributed by atoms with Gasteiger partial charge in [-0.1, -0.05) is 6.42 Å². The van der Waals surface area contributed by atoms with Crippen LogP contribution in [0.4, 0.5) is 0 Å². The van der Waals surface area contributed by atoms with Crippen molar-refractivity contribution in [3.05, 3.63) is 17.4 Å². The van der Waals surface area contributed by atoms with Crippen LogP contribution >= 0.6 is 12.4 Å². The molecule has 1 aromatic heterocycles. The first-order valence-corrected chi connectivity index (χ1v) is 10.2. The monoisotopic (exact) mass is 405 g/mol. The van der Waals surface area contributed by atoms with Crippen LogP contribution in [0.3, 0.4) is 0 Å². The molecule has 0 radical (unpaired) electrons. The average molecular weight is 406 g/mol. The summed E-state index contributed by atoms with van der Waals surface area (Å²) in [4.78, 5) is 12.7. The predicted molar refractivity (Wildman–Crippen MR) is 101 cm³/mol. The SMILES string of the molecule is Cc1oc(S(=O)(=O)N(C)C)cc1C(=O)NC1C2CCCC1CC(N)C2.Cl. The quantitative estimate of drug-likeness (QED) is 0.795. The van der Waals surface area contributed by atoms with Gasteiger partial charge in [-0.05, 0) is 44.4 Å². The summed E-state index contributed by atoms with van der Waals surface area (Å²) in [5, 5.41) is 2.93. The maximum atomic E-state index is 12.7. The lowest BCUT2D eigenvalue weighted by atomic mass is 9.67. The highest BCUT2D eigenvalue weighted by Crippen LogP contribution is 2.39. The van der Waals surface area contributed by atoms with Crippen LogP contribution in [0.15, 0.2) is 15.6 Å². The number of halogens is 1. The van der Waals surface area contributed by atoms with Crippen molar-refractivity contribution in [2.24, 2.45) is 17.6 Å². The van der Waals surface area contributed by atoms with Gasteiger partial charge < -0.3 is 15.5 Å². The molecule has 7 nitrogen and oxygen atoms in total. The highest BCUT2D eigenvalue weighted by molar-refractivity contribution is 7.88. The smallest absolute Gasteiger partial charge is 0.275 e. The van der Waals surface area contributed by atoms with Crippen molar-refractivity contribution in [3.63, 3.8) is 0 Å². The summed E-state index contributed by atoms with van der Waals surface area (Å²) in [7, 11) is -0.837. The average Bonchev–Trinajstić information content (AvgIpc) is 2.90. The molecule has 0 spiro atoms. The number of nitrogens with one attached hydrogen (secondary N) is 1. The van der Waals surface area contributed by atoms with Crippen molar-refractivity contribution >= 4 is 28.3 Å². The van der Waals surface area contributed by atoms with Gasteiger partial charge in [0.15, 0.2) is 0 Å². The number of rotatable bonds is 4. The van der Waals surface area contributed by atoms with Gasteiger partial charge >= 0.3 is 0 Å². The van der Waals surface area contributed by atoms with Crippen LogP contribution in [0.1, 0.15) is 48.2 Å². The summed E-state index contributed by atoms with van der Waals surface area (Å²) in [5.74, 6) is 0.863. The number of nitrogens with two attached hydrogens (primary N) is 1. The molecule has 148 valence electrons. The fourth-order valence-electron chi connectivity index (χ4n) is 4.24. The molecule has 26 heavy (non-hydrogen) atoms. The van der Waals surface area contributed by atoms with E-state index in [2.05, 4.69) is 5.32 Å². The normalized spacial score (nSPS) is 28.5. The Balaban J connectivity index is 0.00000243. The van der Waals surface area contributed by atoms with E-state index in [1.54, 1.807) is 6.92 Å². The predicted octanol–water partition coefficient (Wildman–Crippen LogP) is 1.90. The Labute approximate surface area is 161 Å². The molecule has 2 aliphatic rings. The first-order chi connectivity index (χ1) is 11.7. The van der Waals surface area contributed by atoms with Gasteiger partial charge in [0.2, 0.25) is 5.09 Å². The molecule has 2 unspecified atom stereocenters. The van der Waals surface area contributed by atoms with Crippen molar-refractivity contribution in [3.8, 4) is 0 Å². The van der Waals surface area contributed by atoms with E-state index in [0.717, 1.165) is 30.0 Å². The first-order valence-electron chi connectivity index (χ1n) is 8.79. The Morgan fingerprint density at radius 1 is 1.27 bits per heavy atom. The summed E-state index contributed by atoms with van der Waals surface area (Å²) in [6.07, 6.45) is 5.22. The van der Waals surface area contributed by atoms with Gasteiger partial charge in [-0.3, -0.25) is 4.79 Å². The molecule has 1 aromatic rings. The Bertz CT molecular complexity index is 748. The first kappa shape index (κ1) is 21.2. The van der Waals surface area contributed by atoms with Crippen molar-refractivity contribution in [2.75, 3.05) is 14.1 Å². The number of aryl methyl sites for hydroxylation is 1. The van der Waals surface area contributed by atoms with E-state index in [-0.39, 0.29) is 41.1 Å². The number of furan rings is 1. The lowest BCUT2D eigenvalue weighted by molar-refractivity contribution is 0.0754. The van der Waals surface area contributed by atoms with Gasteiger partial charge in [0.1, 0.15) is 5.76 Å². The second kappa shape index (κ2) is 7.88. The van der Waals surface area contributed by atoms with Gasteiger partial charge in [-0.15, -0.1) is 12.4 Å². The molecular formula is C17H28ClN3O4S. The Morgan fingerprint density at radius 2 is 1.85 bits per heavy atom. The maximum absolute atomic E-state index is 12.7. The minimum absolute atomic E-state index is 0. The zero-order chi connectivity index (χ0) is 18.4. The van der Waals surface area contributed by atoms with Crippen LogP contribution in [0.25, 0.3) is 0 Å². The molecule has 1 heterocycles. The molecule has 0 aromatic carbocycles. The van der Waals surface area contributed by atoms with Crippen LogP contribution in [-0.4, -0.2) is 44.8 Å². The molecule has 0 saturated heterocycles. The van der Waals surface area contributed by atoms with Crippen molar-refractivity contribution in [1.82, 2.24) is 9.62 Å². The minimum Gasteiger partial charge on any atom is -0.448 e. The molecule has 3 N–H and O–H groups in total. The lowest BCUT2D eigenvalue weighted by Crippen LogP contribution is -2.53. The molecule has 0 aliphatic heterocycles. The number of fused-ring (bicyclic) bond motifs is 2. The number of carbonyl (C=O) groups excluding carboxylic acids is 1. The Hall–Kier alpha value is -1.09. The molecule has 2 fully saturated rings. The van der Waals surface area contributed by atoms with E-state index in [4.69, 9.17) is 10.2 Å². The zero-order valence-electron chi connectivity index (χ0n) is 15.4. The lowest BCUT2D eigenvalue weighted by Gasteiger charge is -2.45. The second-order valence-electron chi connectivity index (χ2n) is 7.50. The number of amides is 1. The maximum Gasteiger partial charge on any atom is 0.275 e. The largest absolute Gasteiger partial charge is 0.448 e. The van der Waals surface area contributed by atoms with Gasteiger partial charge in [0, 0.05) is 32.2 Å². The van der Waals surface area contributed by atoms with E-state index in [0.29, 0.717) is 17.6 Å². The van der Waals surface area contributed by atoms with E-state index in [9.17, 15) is 13.2 Å². The molecule has 2 aliphatic carbocycles. The van der Waals surface area contributed by atoms with Gasteiger partial charge in [-0.2, -0.15) is 0 Å². The Morgan fingerprint density at radius 3 is 2.38 bits per heavy atom. The van der Waals surface area contributed by atoms with E-state index < -0.39 is 10.0 Å². The summed E-state index contributed by atoms with van der Waals surface area (Å²) in [5.41, 5.74) is 6.42. The number of nitrogens with zero attached hydrogens (tertiary/aromatic N) is 1. The van der Waals surface area contributed by atoms with E-state index in [1.165, 1.54) is 26.6 Å². The third-order valence-electron chi connectivity index (χ3n) is 5.55. The van der Waals surface area contributed by atoms with Gasteiger partial charge in [0.25, 0.3) is 15.9 Å². The van der Waals surface area contributed by atoms with E-state index >= 15 is 0 Å². The molecule has 9 heteroatoms. The molecule has 1 amide bonds. The van der Waals surface area contributed by atoms with Crippen LogP contribution in [0.5, 0.6) is 0 Å². The minimum atomic E-state index is -3.70. The molecule has 3 rings (SSSR count). The molecule has 2 saturated carbocycles. The molecule has 2 atom stereocenters. The topological polar surface area (TPSA) is 106 Å². The highest BCUT2D eigenvalue weighted by Gasteiger charge is 2.40. The van der Waals surface area contributed by atoms with Crippen molar-refractivity contribution in [2.45, 2.75) is 56.2 Å².